The molecule has 290 valence electrons. The Hall–Kier alpha value is -5.46. The molecule has 1 aliphatic heterocycles. The van der Waals surface area contributed by atoms with Gasteiger partial charge in [-0.25, -0.2) is 4.79 Å². The number of carbonyl (C=O) groups is 3. The third kappa shape index (κ3) is 11.3. The number of amides is 2. The first kappa shape index (κ1) is 40.2. The van der Waals surface area contributed by atoms with Crippen LogP contribution in [-0.4, -0.2) is 39.9 Å². The zero-order chi connectivity index (χ0) is 39.3. The number of aromatic carboxylic acids is 1. The van der Waals surface area contributed by atoms with E-state index in [9.17, 15) is 24.6 Å². The van der Waals surface area contributed by atoms with Crippen LogP contribution in [0.4, 0.5) is 11.4 Å². The Balaban J connectivity index is 1.05. The molecule has 5 aromatic carbocycles. The number of aliphatic hydroxyl groups is 1. The summed E-state index contributed by atoms with van der Waals surface area (Å²) in [5, 5.41) is 25.1. The average molecular weight is 774 g/mol. The average Bonchev–Trinajstić information content (AvgIpc) is 3.23. The second-order valence-corrected chi connectivity index (χ2v) is 14.8. The molecule has 0 radical (unpaired) electrons. The Kier molecular flexibility index (Phi) is 14.3. The number of nitrogens with two attached hydrogens (primary N) is 1. The van der Waals surface area contributed by atoms with Crippen LogP contribution in [0.2, 0.25) is 0 Å². The van der Waals surface area contributed by atoms with Gasteiger partial charge in [0.25, 0.3) is 0 Å². The van der Waals surface area contributed by atoms with E-state index in [1.807, 2.05) is 84.9 Å². The molecule has 56 heavy (non-hydrogen) atoms. The first-order valence-electron chi connectivity index (χ1n) is 18.8. The maximum atomic E-state index is 12.7. The first-order chi connectivity index (χ1) is 27.2. The molecule has 1 aliphatic rings. The van der Waals surface area contributed by atoms with Gasteiger partial charge in [0.15, 0.2) is 6.29 Å². The molecule has 1 fully saturated rings. The molecule has 6 rings (SSSR count). The number of carbonyl (C=O) groups excluding carboxylic acids is 2. The zero-order valence-corrected chi connectivity index (χ0v) is 31.9. The van der Waals surface area contributed by atoms with Gasteiger partial charge < -0.3 is 36.1 Å². The van der Waals surface area contributed by atoms with E-state index in [1.54, 1.807) is 24.3 Å². The van der Waals surface area contributed by atoms with Crippen molar-refractivity contribution in [3.8, 4) is 11.1 Å². The minimum atomic E-state index is -0.968. The van der Waals surface area contributed by atoms with Gasteiger partial charge in [-0.15, -0.1) is 11.8 Å². The number of thioether (sulfide) groups is 1. The third-order valence-corrected chi connectivity index (χ3v) is 10.8. The highest BCUT2D eigenvalue weighted by molar-refractivity contribution is 7.99. The molecule has 5 aromatic rings. The minimum absolute atomic E-state index is 0.0368. The first-order valence-corrected chi connectivity index (χ1v) is 19.8. The van der Waals surface area contributed by atoms with E-state index in [4.69, 9.17) is 15.2 Å². The Bertz CT molecular complexity index is 2110. The van der Waals surface area contributed by atoms with E-state index in [-0.39, 0.29) is 36.2 Å². The van der Waals surface area contributed by atoms with Crippen molar-refractivity contribution in [1.29, 1.82) is 0 Å². The number of rotatable bonds is 17. The van der Waals surface area contributed by atoms with Gasteiger partial charge in [-0.05, 0) is 77.1 Å². The van der Waals surface area contributed by atoms with E-state index in [1.165, 1.54) is 11.8 Å². The highest BCUT2D eigenvalue weighted by Crippen LogP contribution is 2.40. The van der Waals surface area contributed by atoms with Gasteiger partial charge in [0, 0.05) is 42.0 Å². The monoisotopic (exact) mass is 773 g/mol. The number of hydrogen-bond acceptors (Lipinski definition) is 8. The van der Waals surface area contributed by atoms with E-state index in [0.29, 0.717) is 60.7 Å². The van der Waals surface area contributed by atoms with E-state index in [2.05, 4.69) is 22.8 Å². The van der Waals surface area contributed by atoms with Crippen molar-refractivity contribution in [3.05, 3.63) is 149 Å². The van der Waals surface area contributed by atoms with Gasteiger partial charge in [-0.2, -0.15) is 0 Å². The van der Waals surface area contributed by atoms with Gasteiger partial charge >= 0.3 is 5.97 Å². The molecule has 3 atom stereocenters. The lowest BCUT2D eigenvalue weighted by atomic mass is 9.99. The van der Waals surface area contributed by atoms with Gasteiger partial charge in [-0.1, -0.05) is 91.3 Å². The number of carboxylic acids is 1. The number of unbranched alkanes of at least 4 members (excludes halogenated alkanes) is 2. The van der Waals surface area contributed by atoms with Crippen LogP contribution in [0.5, 0.6) is 0 Å². The van der Waals surface area contributed by atoms with Crippen LogP contribution >= 0.6 is 11.8 Å². The summed E-state index contributed by atoms with van der Waals surface area (Å²) < 4.78 is 13.1. The van der Waals surface area contributed by atoms with Crippen molar-refractivity contribution in [2.24, 2.45) is 0 Å². The number of para-hydroxylation sites is 2. The number of aliphatic hydroxyl groups excluding tert-OH is 1. The van der Waals surface area contributed by atoms with Crippen molar-refractivity contribution in [3.63, 3.8) is 0 Å². The van der Waals surface area contributed by atoms with Gasteiger partial charge in [0.05, 0.1) is 35.8 Å². The molecule has 0 aliphatic carbocycles. The van der Waals surface area contributed by atoms with Crippen LogP contribution in [0.3, 0.4) is 0 Å². The van der Waals surface area contributed by atoms with Crippen molar-refractivity contribution in [1.82, 2.24) is 5.32 Å². The SMILES string of the molecule is Nc1ccccc1NC(=O)CCCCCC(=O)NCc1cccc(-c2cccc([C@H]3O[C@@H](CSc4ccccc4C(=O)O)C[C@@H](c4ccc(CO)cc4)O3)c2)c1. The molecule has 10 nitrogen and oxygen atoms in total. The molecule has 0 unspecified atom stereocenters. The molecule has 0 aromatic heterocycles. The molecule has 11 heteroatoms. The van der Waals surface area contributed by atoms with Crippen LogP contribution in [0.25, 0.3) is 11.1 Å². The number of nitrogens with one attached hydrogen (secondary N) is 2. The second-order valence-electron chi connectivity index (χ2n) is 13.8. The summed E-state index contributed by atoms with van der Waals surface area (Å²) in [6, 6.07) is 37.9. The topological polar surface area (TPSA) is 160 Å². The summed E-state index contributed by atoms with van der Waals surface area (Å²) in [4.78, 5) is 37.4. The number of anilines is 2. The number of hydrogen-bond donors (Lipinski definition) is 5. The quantitative estimate of drug-likeness (QED) is 0.0354. The van der Waals surface area contributed by atoms with Crippen LogP contribution in [-0.2, 0) is 32.2 Å². The highest BCUT2D eigenvalue weighted by Gasteiger charge is 2.32. The highest BCUT2D eigenvalue weighted by atomic mass is 32.2. The summed E-state index contributed by atoms with van der Waals surface area (Å²) in [5.74, 6) is -0.564. The Morgan fingerprint density at radius 3 is 2.21 bits per heavy atom. The molecule has 1 saturated heterocycles. The summed E-state index contributed by atoms with van der Waals surface area (Å²) in [6.45, 7) is 0.346. The normalized spacial score (nSPS) is 16.6. The predicted octanol–water partition coefficient (Wildman–Crippen LogP) is 8.67. The van der Waals surface area contributed by atoms with Gasteiger partial charge in [0.1, 0.15) is 0 Å². The van der Waals surface area contributed by atoms with Crippen LogP contribution in [0.15, 0.2) is 126 Å². The maximum Gasteiger partial charge on any atom is 0.336 e. The Morgan fingerprint density at radius 2 is 1.45 bits per heavy atom. The largest absolute Gasteiger partial charge is 0.478 e. The van der Waals surface area contributed by atoms with Crippen molar-refractivity contribution in [2.75, 3.05) is 16.8 Å². The second kappa shape index (κ2) is 19.9. The van der Waals surface area contributed by atoms with Crippen molar-refractivity contribution in [2.45, 2.75) is 75.1 Å². The molecule has 2 amide bonds. The summed E-state index contributed by atoms with van der Waals surface area (Å²) >= 11 is 1.46. The molecular weight excluding hydrogens is 727 g/mol. The van der Waals surface area contributed by atoms with Gasteiger partial charge in [-0.3, -0.25) is 9.59 Å². The standard InChI is InChI=1S/C45H47N3O7S/c46-38-15-5-6-16-39(38)48-43(51)19-3-1-2-18-42(50)47-27-31-10-8-11-33(24-31)34-12-9-13-35(25-34)45-54-36(29-56-41-17-7-4-14-37(41)44(52)53)26-40(55-45)32-22-20-30(28-49)21-23-32/h4-17,20-25,36,40,45,49H,1-3,18-19,26-29,46H2,(H,47,50)(H,48,51)(H,52,53)/t36-,40+,45+/m1/s1. The molecule has 0 spiro atoms. The minimum Gasteiger partial charge on any atom is -0.478 e. The van der Waals surface area contributed by atoms with Crippen LogP contribution < -0.4 is 16.4 Å². The molecular formula is C45H47N3O7S. The number of ether oxygens (including phenoxy) is 2. The summed E-state index contributed by atoms with van der Waals surface area (Å²) in [7, 11) is 0. The summed E-state index contributed by atoms with van der Waals surface area (Å²) in [6.07, 6.45) is 2.27. The zero-order valence-electron chi connectivity index (χ0n) is 31.1. The fourth-order valence-corrected chi connectivity index (χ4v) is 7.63. The van der Waals surface area contributed by atoms with E-state index >= 15 is 0 Å². The Labute approximate surface area is 331 Å². The number of nitrogen functional groups attached to an aromatic ring is 1. The maximum absolute atomic E-state index is 12.7. The molecule has 1 heterocycles. The fraction of sp³-hybridized carbons (Fsp3) is 0.267. The number of benzene rings is 5. The molecule has 0 bridgehead atoms. The van der Waals surface area contributed by atoms with Crippen molar-refractivity contribution >= 4 is 40.9 Å². The smallest absolute Gasteiger partial charge is 0.336 e. The van der Waals surface area contributed by atoms with Crippen LogP contribution in [0.1, 0.15) is 83.5 Å². The lowest BCUT2D eigenvalue weighted by Crippen LogP contribution is -2.31. The lowest BCUT2D eigenvalue weighted by Gasteiger charge is -2.36. The molecule has 6 N–H and O–H groups in total. The van der Waals surface area contributed by atoms with E-state index in [0.717, 1.165) is 39.8 Å². The van der Waals surface area contributed by atoms with Crippen LogP contribution in [0, 0.1) is 0 Å². The van der Waals surface area contributed by atoms with Gasteiger partial charge in [0.2, 0.25) is 11.8 Å². The summed E-state index contributed by atoms with van der Waals surface area (Å²) in [5.41, 5.74) is 12.9. The predicted molar refractivity (Wildman–Crippen MR) is 219 cm³/mol. The van der Waals surface area contributed by atoms with Crippen molar-refractivity contribution < 1.29 is 34.1 Å². The van der Waals surface area contributed by atoms with E-state index < -0.39 is 12.3 Å². The third-order valence-electron chi connectivity index (χ3n) is 9.61. The fourth-order valence-electron chi connectivity index (χ4n) is 6.56. The number of carboxylic acid groups (broad SMARTS) is 1. The molecule has 0 saturated carbocycles. The lowest BCUT2D eigenvalue weighted by molar-refractivity contribution is -0.245. The Morgan fingerprint density at radius 1 is 0.732 bits per heavy atom.